The molecule has 0 aliphatic heterocycles. The van der Waals surface area contributed by atoms with Crippen molar-refractivity contribution in [3.05, 3.63) is 24.0 Å². The van der Waals surface area contributed by atoms with Crippen LogP contribution in [0.15, 0.2) is 23.1 Å². The van der Waals surface area contributed by atoms with E-state index in [1.165, 1.54) is 6.07 Å². The Balaban J connectivity index is 2.08. The van der Waals surface area contributed by atoms with Crippen LogP contribution in [0.4, 0.5) is 10.1 Å². The van der Waals surface area contributed by atoms with Gasteiger partial charge in [-0.15, -0.1) is 0 Å². The lowest BCUT2D eigenvalue weighted by atomic mass is 9.80. The van der Waals surface area contributed by atoms with Crippen LogP contribution in [-0.4, -0.2) is 25.7 Å². The van der Waals surface area contributed by atoms with Crippen molar-refractivity contribution in [3.8, 4) is 0 Å². The molecule has 0 unspecified atom stereocenters. The standard InChI is InChI=1S/C14H21FN2O3S/c1-10-4-6-14(18,7-5-10)9-17-21(19,20)13-3-2-11(16)8-12(13)15/h2-3,8,10,17-18H,4-7,9,16H2,1H3. The Morgan fingerprint density at radius 3 is 2.62 bits per heavy atom. The minimum absolute atomic E-state index is 0.105. The third-order valence-corrected chi connectivity index (χ3v) is 5.48. The Morgan fingerprint density at radius 2 is 2.05 bits per heavy atom. The van der Waals surface area contributed by atoms with Crippen LogP contribution in [-0.2, 0) is 10.0 Å². The molecule has 0 saturated heterocycles. The molecule has 1 fully saturated rings. The number of aliphatic hydroxyl groups is 1. The van der Waals surface area contributed by atoms with Gasteiger partial charge in [0.2, 0.25) is 10.0 Å². The molecule has 0 heterocycles. The van der Waals surface area contributed by atoms with Gasteiger partial charge in [0.1, 0.15) is 10.7 Å². The highest BCUT2D eigenvalue weighted by atomic mass is 32.2. The van der Waals surface area contributed by atoms with Gasteiger partial charge in [-0.05, 0) is 49.8 Å². The monoisotopic (exact) mass is 316 g/mol. The molecule has 7 heteroatoms. The Hall–Kier alpha value is -1.18. The molecule has 0 atom stereocenters. The third-order valence-electron chi connectivity index (χ3n) is 4.04. The first-order valence-corrected chi connectivity index (χ1v) is 8.47. The fourth-order valence-corrected chi connectivity index (χ4v) is 3.70. The number of sulfonamides is 1. The van der Waals surface area contributed by atoms with E-state index in [-0.39, 0.29) is 12.2 Å². The van der Waals surface area contributed by atoms with E-state index in [1.54, 1.807) is 0 Å². The van der Waals surface area contributed by atoms with Gasteiger partial charge in [0.15, 0.2) is 0 Å². The number of halogens is 1. The highest BCUT2D eigenvalue weighted by Gasteiger charge is 2.33. The molecule has 0 bridgehead atoms. The normalized spacial score (nSPS) is 26.7. The average Bonchev–Trinajstić information content (AvgIpc) is 2.40. The van der Waals surface area contributed by atoms with Crippen LogP contribution in [0, 0.1) is 11.7 Å². The lowest BCUT2D eigenvalue weighted by Crippen LogP contribution is -2.45. The summed E-state index contributed by atoms with van der Waals surface area (Å²) in [4.78, 5) is -0.454. The summed E-state index contributed by atoms with van der Waals surface area (Å²) >= 11 is 0. The lowest BCUT2D eigenvalue weighted by molar-refractivity contribution is -0.00183. The van der Waals surface area contributed by atoms with E-state index < -0.39 is 26.3 Å². The molecule has 0 radical (unpaired) electrons. The molecule has 4 N–H and O–H groups in total. The zero-order valence-electron chi connectivity index (χ0n) is 12.0. The van der Waals surface area contributed by atoms with Gasteiger partial charge in [-0.1, -0.05) is 6.92 Å². The van der Waals surface area contributed by atoms with E-state index in [9.17, 15) is 17.9 Å². The first kappa shape index (κ1) is 16.2. The summed E-state index contributed by atoms with van der Waals surface area (Å²) in [5.41, 5.74) is 4.51. The van der Waals surface area contributed by atoms with Gasteiger partial charge in [0.25, 0.3) is 0 Å². The number of nitrogen functional groups attached to an aromatic ring is 1. The van der Waals surface area contributed by atoms with E-state index in [2.05, 4.69) is 11.6 Å². The topological polar surface area (TPSA) is 92.4 Å². The highest BCUT2D eigenvalue weighted by Crippen LogP contribution is 2.31. The average molecular weight is 316 g/mol. The fraction of sp³-hybridized carbons (Fsp3) is 0.571. The molecule has 0 aromatic heterocycles. The van der Waals surface area contributed by atoms with Crippen LogP contribution >= 0.6 is 0 Å². The summed E-state index contributed by atoms with van der Waals surface area (Å²) in [6.45, 7) is 2.00. The van der Waals surface area contributed by atoms with Crippen LogP contribution in [0.25, 0.3) is 0 Å². The van der Waals surface area contributed by atoms with Gasteiger partial charge >= 0.3 is 0 Å². The summed E-state index contributed by atoms with van der Waals surface area (Å²) in [5.74, 6) is -0.358. The van der Waals surface area contributed by atoms with Crippen molar-refractivity contribution in [1.29, 1.82) is 0 Å². The number of hydrogen-bond donors (Lipinski definition) is 3. The maximum Gasteiger partial charge on any atom is 0.243 e. The summed E-state index contributed by atoms with van der Waals surface area (Å²) in [6, 6.07) is 3.42. The number of hydrogen-bond acceptors (Lipinski definition) is 4. The number of nitrogens with two attached hydrogens (primary N) is 1. The van der Waals surface area contributed by atoms with Crippen molar-refractivity contribution in [3.63, 3.8) is 0 Å². The van der Waals surface area contributed by atoms with Crippen molar-refractivity contribution in [1.82, 2.24) is 4.72 Å². The van der Waals surface area contributed by atoms with Crippen LogP contribution in [0.3, 0.4) is 0 Å². The molecule has 1 saturated carbocycles. The zero-order chi connectivity index (χ0) is 15.7. The van der Waals surface area contributed by atoms with Crippen molar-refractivity contribution in [2.75, 3.05) is 12.3 Å². The molecule has 21 heavy (non-hydrogen) atoms. The molecule has 1 aliphatic carbocycles. The summed E-state index contributed by atoms with van der Waals surface area (Å²) in [6.07, 6.45) is 2.80. The van der Waals surface area contributed by atoms with E-state index >= 15 is 0 Å². The Kier molecular flexibility index (Phi) is 4.55. The smallest absolute Gasteiger partial charge is 0.243 e. The van der Waals surface area contributed by atoms with Gasteiger partial charge in [-0.2, -0.15) is 0 Å². The molecule has 118 valence electrons. The Bertz CT molecular complexity index is 611. The predicted octanol–water partition coefficient (Wildman–Crippen LogP) is 1.63. The first-order valence-electron chi connectivity index (χ1n) is 6.99. The highest BCUT2D eigenvalue weighted by molar-refractivity contribution is 7.89. The molecule has 1 aromatic carbocycles. The summed E-state index contributed by atoms with van der Waals surface area (Å²) < 4.78 is 40.2. The SMILES string of the molecule is CC1CCC(O)(CNS(=O)(=O)c2ccc(N)cc2F)CC1. The minimum atomic E-state index is -4.00. The number of anilines is 1. The number of benzene rings is 1. The molecule has 5 nitrogen and oxygen atoms in total. The molecule has 1 aromatic rings. The first-order chi connectivity index (χ1) is 9.72. The second-order valence-corrected chi connectivity index (χ2v) is 7.66. The van der Waals surface area contributed by atoms with E-state index in [0.29, 0.717) is 18.8 Å². The van der Waals surface area contributed by atoms with Gasteiger partial charge in [0.05, 0.1) is 5.60 Å². The van der Waals surface area contributed by atoms with Crippen molar-refractivity contribution in [2.45, 2.75) is 43.1 Å². The van der Waals surface area contributed by atoms with Gasteiger partial charge in [-0.3, -0.25) is 0 Å². The van der Waals surface area contributed by atoms with E-state index in [0.717, 1.165) is 25.0 Å². The van der Waals surface area contributed by atoms with Crippen molar-refractivity contribution < 1.29 is 17.9 Å². The van der Waals surface area contributed by atoms with E-state index in [4.69, 9.17) is 5.73 Å². The van der Waals surface area contributed by atoms with Crippen LogP contribution in [0.5, 0.6) is 0 Å². The predicted molar refractivity (Wildman–Crippen MR) is 78.6 cm³/mol. The molecule has 1 aliphatic rings. The lowest BCUT2D eigenvalue weighted by Gasteiger charge is -2.34. The van der Waals surface area contributed by atoms with Crippen LogP contribution < -0.4 is 10.5 Å². The molecule has 0 spiro atoms. The largest absolute Gasteiger partial charge is 0.399 e. The summed E-state index contributed by atoms with van der Waals surface area (Å²) in [7, 11) is -4.00. The van der Waals surface area contributed by atoms with Crippen molar-refractivity contribution >= 4 is 15.7 Å². The third kappa shape index (κ3) is 3.93. The van der Waals surface area contributed by atoms with E-state index in [1.807, 2.05) is 0 Å². The second kappa shape index (κ2) is 5.90. The number of rotatable bonds is 4. The second-order valence-electron chi connectivity index (χ2n) is 5.92. The Morgan fingerprint density at radius 1 is 1.43 bits per heavy atom. The molecule has 2 rings (SSSR count). The fourth-order valence-electron chi connectivity index (χ4n) is 2.52. The van der Waals surface area contributed by atoms with Crippen molar-refractivity contribution in [2.24, 2.45) is 5.92 Å². The van der Waals surface area contributed by atoms with Gasteiger partial charge in [0, 0.05) is 12.2 Å². The Labute approximate surface area is 124 Å². The van der Waals surface area contributed by atoms with Gasteiger partial charge in [-0.25, -0.2) is 17.5 Å². The van der Waals surface area contributed by atoms with Gasteiger partial charge < -0.3 is 10.8 Å². The van der Waals surface area contributed by atoms with Crippen LogP contribution in [0.1, 0.15) is 32.6 Å². The summed E-state index contributed by atoms with van der Waals surface area (Å²) in [5, 5.41) is 10.4. The van der Waals surface area contributed by atoms with Crippen LogP contribution in [0.2, 0.25) is 0 Å². The molecule has 0 amide bonds. The maximum absolute atomic E-state index is 13.7. The maximum atomic E-state index is 13.7. The molecular formula is C14H21FN2O3S. The number of nitrogens with one attached hydrogen (secondary N) is 1. The zero-order valence-corrected chi connectivity index (χ0v) is 12.8. The minimum Gasteiger partial charge on any atom is -0.399 e. The quantitative estimate of drug-likeness (QED) is 0.736. The molecular weight excluding hydrogens is 295 g/mol.